The Morgan fingerprint density at radius 2 is 1.88 bits per heavy atom. The first kappa shape index (κ1) is 12.8. The molecule has 2 aliphatic rings. The third kappa shape index (κ3) is 3.42. The van der Waals surface area contributed by atoms with Gasteiger partial charge >= 0.3 is 0 Å². The highest BCUT2D eigenvalue weighted by atomic mass is 16.2. The summed E-state index contributed by atoms with van der Waals surface area (Å²) in [7, 11) is 0. The topological polar surface area (TPSA) is 49.6 Å². The largest absolute Gasteiger partial charge is 0.342 e. The lowest BCUT2D eigenvalue weighted by Crippen LogP contribution is -2.49. The molecule has 17 heavy (non-hydrogen) atoms. The third-order valence-electron chi connectivity index (χ3n) is 4.05. The lowest BCUT2D eigenvalue weighted by molar-refractivity contribution is -0.134. The summed E-state index contributed by atoms with van der Waals surface area (Å²) in [5, 5.41) is 0. The Labute approximate surface area is 104 Å². The Kier molecular flexibility index (Phi) is 4.80. The summed E-state index contributed by atoms with van der Waals surface area (Å²) in [4.78, 5) is 16.5. The van der Waals surface area contributed by atoms with E-state index in [0.29, 0.717) is 25.0 Å². The van der Waals surface area contributed by atoms with Gasteiger partial charge in [0.25, 0.3) is 0 Å². The van der Waals surface area contributed by atoms with E-state index in [1.165, 1.54) is 38.5 Å². The molecule has 0 unspecified atom stereocenters. The van der Waals surface area contributed by atoms with Crippen molar-refractivity contribution in [2.75, 3.05) is 32.7 Å². The first-order chi connectivity index (χ1) is 8.31. The van der Waals surface area contributed by atoms with Gasteiger partial charge in [0, 0.05) is 32.2 Å². The third-order valence-corrected chi connectivity index (χ3v) is 4.05. The van der Waals surface area contributed by atoms with Crippen LogP contribution >= 0.6 is 0 Å². The molecular formula is C13H25N3O. The minimum absolute atomic E-state index is 0.310. The highest BCUT2D eigenvalue weighted by molar-refractivity contribution is 5.78. The van der Waals surface area contributed by atoms with Gasteiger partial charge in [0.15, 0.2) is 0 Å². The normalized spacial score (nSPS) is 21.6. The van der Waals surface area contributed by atoms with E-state index in [9.17, 15) is 4.79 Å². The summed E-state index contributed by atoms with van der Waals surface area (Å²) in [5.41, 5.74) is 5.63. The van der Waals surface area contributed by atoms with Crippen LogP contribution in [-0.4, -0.2) is 54.5 Å². The number of piperidine rings is 1. The van der Waals surface area contributed by atoms with Crippen LogP contribution in [-0.2, 0) is 4.79 Å². The number of carbonyl (C=O) groups excluding carboxylic acids is 1. The predicted molar refractivity (Wildman–Crippen MR) is 68.7 cm³/mol. The van der Waals surface area contributed by atoms with Crippen molar-refractivity contribution in [1.82, 2.24) is 9.80 Å². The van der Waals surface area contributed by atoms with Crippen molar-refractivity contribution in [3.05, 3.63) is 0 Å². The Morgan fingerprint density at radius 1 is 1.18 bits per heavy atom. The average molecular weight is 239 g/mol. The number of amides is 1. The molecule has 4 heteroatoms. The fraction of sp³-hybridized carbons (Fsp3) is 0.923. The number of nitrogens with two attached hydrogens (primary N) is 1. The molecule has 4 nitrogen and oxygen atoms in total. The van der Waals surface area contributed by atoms with Gasteiger partial charge in [0.2, 0.25) is 5.91 Å². The Bertz CT molecular complexity index is 247. The second-order valence-corrected chi connectivity index (χ2v) is 5.29. The summed E-state index contributed by atoms with van der Waals surface area (Å²) in [5.74, 6) is 0.310. The van der Waals surface area contributed by atoms with Gasteiger partial charge in [0.05, 0.1) is 6.54 Å². The van der Waals surface area contributed by atoms with Crippen molar-refractivity contribution in [2.24, 2.45) is 5.73 Å². The number of carbonyl (C=O) groups is 1. The number of hydrogen-bond donors (Lipinski definition) is 1. The molecule has 2 rings (SSSR count). The zero-order chi connectivity index (χ0) is 12.1. The van der Waals surface area contributed by atoms with Gasteiger partial charge in [-0.1, -0.05) is 6.42 Å². The second kappa shape index (κ2) is 6.36. The monoisotopic (exact) mass is 239 g/mol. The van der Waals surface area contributed by atoms with Crippen molar-refractivity contribution in [1.29, 1.82) is 0 Å². The molecule has 1 saturated carbocycles. The van der Waals surface area contributed by atoms with Crippen molar-refractivity contribution in [3.63, 3.8) is 0 Å². The van der Waals surface area contributed by atoms with E-state index in [1.54, 1.807) is 0 Å². The van der Waals surface area contributed by atoms with Gasteiger partial charge in [-0.05, 0) is 32.1 Å². The van der Waals surface area contributed by atoms with Crippen LogP contribution < -0.4 is 5.73 Å². The van der Waals surface area contributed by atoms with Crippen LogP contribution in [0.25, 0.3) is 0 Å². The highest BCUT2D eigenvalue weighted by Gasteiger charge is 2.27. The molecule has 0 aromatic heterocycles. The lowest BCUT2D eigenvalue weighted by atomic mass is 9.91. The van der Waals surface area contributed by atoms with E-state index in [2.05, 4.69) is 4.90 Å². The molecule has 2 fully saturated rings. The summed E-state index contributed by atoms with van der Waals surface area (Å²) < 4.78 is 0. The van der Waals surface area contributed by atoms with Crippen LogP contribution in [0.2, 0.25) is 0 Å². The molecule has 1 saturated heterocycles. The molecule has 0 spiro atoms. The summed E-state index contributed by atoms with van der Waals surface area (Å²) in [6.45, 7) is 4.02. The highest BCUT2D eigenvalue weighted by Crippen LogP contribution is 2.24. The second-order valence-electron chi connectivity index (χ2n) is 5.29. The molecule has 1 aliphatic heterocycles. The number of likely N-dealkylation sites (tertiary alicyclic amines) is 1. The SMILES string of the molecule is NCCN(CC(=O)N1CCCCC1)C1CCC1. The van der Waals surface area contributed by atoms with Crippen LogP contribution in [0.15, 0.2) is 0 Å². The minimum Gasteiger partial charge on any atom is -0.342 e. The fourth-order valence-electron chi connectivity index (χ4n) is 2.73. The standard InChI is InChI=1S/C13H25N3O/c14-7-10-16(12-5-4-6-12)11-13(17)15-8-2-1-3-9-15/h12H,1-11,14H2. The number of nitrogens with zero attached hydrogens (tertiary/aromatic N) is 2. The maximum atomic E-state index is 12.2. The zero-order valence-corrected chi connectivity index (χ0v) is 10.7. The molecule has 0 atom stereocenters. The van der Waals surface area contributed by atoms with E-state index >= 15 is 0 Å². The quantitative estimate of drug-likeness (QED) is 0.772. The lowest BCUT2D eigenvalue weighted by Gasteiger charge is -2.38. The molecule has 0 aromatic rings. The molecule has 0 radical (unpaired) electrons. The van der Waals surface area contributed by atoms with Crippen LogP contribution in [0.5, 0.6) is 0 Å². The van der Waals surface area contributed by atoms with Crippen LogP contribution in [0.1, 0.15) is 38.5 Å². The fourth-order valence-corrected chi connectivity index (χ4v) is 2.73. The first-order valence-electron chi connectivity index (χ1n) is 7.03. The van der Waals surface area contributed by atoms with E-state index in [-0.39, 0.29) is 0 Å². The number of rotatable bonds is 5. The first-order valence-corrected chi connectivity index (χ1v) is 7.03. The van der Waals surface area contributed by atoms with Crippen molar-refractivity contribution in [2.45, 2.75) is 44.6 Å². The van der Waals surface area contributed by atoms with Gasteiger partial charge in [-0.2, -0.15) is 0 Å². The zero-order valence-electron chi connectivity index (χ0n) is 10.7. The summed E-state index contributed by atoms with van der Waals surface area (Å²) >= 11 is 0. The Morgan fingerprint density at radius 3 is 2.41 bits per heavy atom. The van der Waals surface area contributed by atoms with E-state index in [0.717, 1.165) is 19.6 Å². The van der Waals surface area contributed by atoms with Gasteiger partial charge < -0.3 is 10.6 Å². The van der Waals surface area contributed by atoms with Crippen LogP contribution in [0, 0.1) is 0 Å². The van der Waals surface area contributed by atoms with Gasteiger partial charge in [-0.25, -0.2) is 0 Å². The van der Waals surface area contributed by atoms with E-state index < -0.39 is 0 Å². The smallest absolute Gasteiger partial charge is 0.236 e. The Balaban J connectivity index is 1.80. The predicted octanol–water partition coefficient (Wildman–Crippen LogP) is 0.812. The van der Waals surface area contributed by atoms with Crippen molar-refractivity contribution in [3.8, 4) is 0 Å². The molecule has 0 aromatic carbocycles. The minimum atomic E-state index is 0.310. The average Bonchev–Trinajstić information content (AvgIpc) is 2.28. The molecule has 0 bridgehead atoms. The van der Waals surface area contributed by atoms with Crippen LogP contribution in [0.3, 0.4) is 0 Å². The van der Waals surface area contributed by atoms with Crippen molar-refractivity contribution >= 4 is 5.91 Å². The molecule has 1 amide bonds. The summed E-state index contributed by atoms with van der Waals surface area (Å²) in [6, 6.07) is 0.618. The molecular weight excluding hydrogens is 214 g/mol. The molecule has 1 aliphatic carbocycles. The molecule has 1 heterocycles. The van der Waals surface area contributed by atoms with Gasteiger partial charge in [-0.3, -0.25) is 9.69 Å². The molecule has 98 valence electrons. The van der Waals surface area contributed by atoms with E-state index in [4.69, 9.17) is 5.73 Å². The van der Waals surface area contributed by atoms with E-state index in [1.807, 2.05) is 4.90 Å². The molecule has 2 N–H and O–H groups in total. The van der Waals surface area contributed by atoms with Crippen molar-refractivity contribution < 1.29 is 4.79 Å². The maximum absolute atomic E-state index is 12.2. The summed E-state index contributed by atoms with van der Waals surface area (Å²) in [6.07, 6.45) is 7.42. The van der Waals surface area contributed by atoms with Gasteiger partial charge in [-0.15, -0.1) is 0 Å². The van der Waals surface area contributed by atoms with Gasteiger partial charge in [0.1, 0.15) is 0 Å². The number of hydrogen-bond acceptors (Lipinski definition) is 3. The maximum Gasteiger partial charge on any atom is 0.236 e. The van der Waals surface area contributed by atoms with Crippen LogP contribution in [0.4, 0.5) is 0 Å². The Hall–Kier alpha value is -0.610.